The fraction of sp³-hybridized carbons (Fsp3) is 0.148. The lowest BCUT2D eigenvalue weighted by Crippen LogP contribution is -2.32. The third-order valence-electron chi connectivity index (χ3n) is 5.95. The third kappa shape index (κ3) is 5.17. The van der Waals surface area contributed by atoms with Gasteiger partial charge >= 0.3 is 0 Å². The summed E-state index contributed by atoms with van der Waals surface area (Å²) in [6, 6.07) is 22.6. The molecule has 2 aromatic carbocycles. The number of nitrogens with zero attached hydrogens (tertiary/aromatic N) is 2. The Morgan fingerprint density at radius 3 is 2.67 bits per heavy atom. The summed E-state index contributed by atoms with van der Waals surface area (Å²) in [5, 5.41) is 6.79. The molecule has 3 heterocycles. The summed E-state index contributed by atoms with van der Waals surface area (Å²) in [5.41, 5.74) is 2.29. The van der Waals surface area contributed by atoms with Crippen LogP contribution in [0.25, 0.3) is 11.3 Å². The van der Waals surface area contributed by atoms with Crippen LogP contribution in [0.5, 0.6) is 0 Å². The van der Waals surface area contributed by atoms with Crippen molar-refractivity contribution in [3.8, 4) is 11.3 Å². The van der Waals surface area contributed by atoms with E-state index in [2.05, 4.69) is 31.5 Å². The van der Waals surface area contributed by atoms with Gasteiger partial charge in [0, 0.05) is 34.9 Å². The topological polar surface area (TPSA) is 70.4 Å². The molecule has 4 aromatic rings. The van der Waals surface area contributed by atoms with Gasteiger partial charge in [-0.25, -0.2) is 4.39 Å². The number of carbonyl (C=O) groups excluding carboxylic acids is 1. The van der Waals surface area contributed by atoms with E-state index in [0.717, 1.165) is 16.9 Å². The Hall–Kier alpha value is -3.56. The van der Waals surface area contributed by atoms with E-state index in [1.807, 2.05) is 65.6 Å². The maximum Gasteiger partial charge on any atom is 0.226 e. The molecule has 0 saturated carbocycles. The van der Waals surface area contributed by atoms with E-state index in [9.17, 15) is 9.18 Å². The third-order valence-corrected chi connectivity index (χ3v) is 6.96. The number of benzene rings is 2. The van der Waals surface area contributed by atoms with Crippen molar-refractivity contribution in [2.75, 3.05) is 11.9 Å². The molecule has 0 unspecified atom stereocenters. The molecule has 0 spiro atoms. The molecule has 5 rings (SSSR count). The van der Waals surface area contributed by atoms with E-state index in [4.69, 9.17) is 16.6 Å². The van der Waals surface area contributed by atoms with Crippen LogP contribution in [0.3, 0.4) is 0 Å². The van der Waals surface area contributed by atoms with Gasteiger partial charge in [0.2, 0.25) is 5.91 Å². The minimum absolute atomic E-state index is 0.112. The molecule has 2 N–H and O–H groups in total. The lowest BCUT2D eigenvalue weighted by molar-refractivity contribution is -0.116. The molecule has 2 aromatic heterocycles. The van der Waals surface area contributed by atoms with Crippen LogP contribution in [-0.2, 0) is 4.79 Å². The molecule has 1 amide bonds. The SMILES string of the molecule is O=C(CCN1C(=S)N[C@H](c2ccccn2)[C@H]1c1ccc(-c2ccc(F)cc2Br)o1)Nc1ccccc1. The van der Waals surface area contributed by atoms with E-state index >= 15 is 0 Å². The van der Waals surface area contributed by atoms with Gasteiger partial charge in [-0.1, -0.05) is 24.3 Å². The number of nitrogens with one attached hydrogen (secondary N) is 2. The van der Waals surface area contributed by atoms with Crippen LogP contribution in [0.1, 0.15) is 30.0 Å². The van der Waals surface area contributed by atoms with Gasteiger partial charge in [0.15, 0.2) is 5.11 Å². The largest absolute Gasteiger partial charge is 0.459 e. The number of hydrogen-bond acceptors (Lipinski definition) is 4. The number of furan rings is 1. The van der Waals surface area contributed by atoms with Gasteiger partial charge in [-0.15, -0.1) is 0 Å². The quantitative estimate of drug-likeness (QED) is 0.259. The summed E-state index contributed by atoms with van der Waals surface area (Å²) < 4.78 is 20.5. The van der Waals surface area contributed by atoms with Gasteiger partial charge in [-0.3, -0.25) is 9.78 Å². The molecule has 1 saturated heterocycles. The van der Waals surface area contributed by atoms with Gasteiger partial charge in [-0.2, -0.15) is 0 Å². The number of pyridine rings is 1. The highest BCUT2D eigenvalue weighted by molar-refractivity contribution is 9.10. The molecule has 2 atom stereocenters. The van der Waals surface area contributed by atoms with Crippen LogP contribution in [0, 0.1) is 5.82 Å². The molecule has 0 aliphatic carbocycles. The smallest absolute Gasteiger partial charge is 0.226 e. The van der Waals surface area contributed by atoms with Crippen molar-refractivity contribution in [1.29, 1.82) is 0 Å². The Morgan fingerprint density at radius 2 is 1.92 bits per heavy atom. The molecule has 0 bridgehead atoms. The van der Waals surface area contributed by atoms with E-state index in [0.29, 0.717) is 27.7 Å². The van der Waals surface area contributed by atoms with Crippen molar-refractivity contribution in [3.05, 3.63) is 107 Å². The van der Waals surface area contributed by atoms with E-state index in [1.165, 1.54) is 12.1 Å². The zero-order valence-electron chi connectivity index (χ0n) is 19.0. The summed E-state index contributed by atoms with van der Waals surface area (Å²) in [4.78, 5) is 19.1. The Kier molecular flexibility index (Phi) is 7.11. The highest BCUT2D eigenvalue weighted by atomic mass is 79.9. The van der Waals surface area contributed by atoms with E-state index < -0.39 is 0 Å². The highest BCUT2D eigenvalue weighted by Gasteiger charge is 2.41. The van der Waals surface area contributed by atoms with Gasteiger partial charge in [0.05, 0.1) is 11.7 Å². The Labute approximate surface area is 221 Å². The van der Waals surface area contributed by atoms with Crippen LogP contribution in [0.2, 0.25) is 0 Å². The maximum absolute atomic E-state index is 13.6. The summed E-state index contributed by atoms with van der Waals surface area (Å²) in [5.74, 6) is 0.807. The van der Waals surface area contributed by atoms with Crippen LogP contribution >= 0.6 is 28.1 Å². The standard InChI is InChI=1S/C27H22BrFN4O2S/c28-20-16-17(29)9-10-19(20)22-11-12-23(35-22)26-25(21-8-4-5-14-30-21)32-27(36)33(26)15-13-24(34)31-18-6-2-1-3-7-18/h1-12,14,16,25-26H,13,15H2,(H,31,34)(H,32,36)/t25-,26-/m1/s1. The number of aromatic nitrogens is 1. The average Bonchev–Trinajstić information content (AvgIpc) is 3.48. The lowest BCUT2D eigenvalue weighted by atomic mass is 10.0. The van der Waals surface area contributed by atoms with Gasteiger partial charge in [0.1, 0.15) is 23.4 Å². The zero-order valence-corrected chi connectivity index (χ0v) is 21.4. The van der Waals surface area contributed by atoms with Crippen molar-refractivity contribution in [2.45, 2.75) is 18.5 Å². The second-order valence-electron chi connectivity index (χ2n) is 8.31. The summed E-state index contributed by atoms with van der Waals surface area (Å²) in [7, 11) is 0. The number of anilines is 1. The first kappa shape index (κ1) is 24.1. The highest BCUT2D eigenvalue weighted by Crippen LogP contribution is 2.41. The average molecular weight is 565 g/mol. The van der Waals surface area contributed by atoms with Crippen molar-refractivity contribution >= 4 is 44.9 Å². The summed E-state index contributed by atoms with van der Waals surface area (Å²) >= 11 is 9.09. The molecule has 1 aliphatic heterocycles. The van der Waals surface area contributed by atoms with Gasteiger partial charge in [0.25, 0.3) is 0 Å². The van der Waals surface area contributed by atoms with Gasteiger partial charge in [-0.05, 0) is 82.7 Å². The fourth-order valence-corrected chi connectivity index (χ4v) is 5.15. The first-order chi connectivity index (χ1) is 17.5. The van der Waals surface area contributed by atoms with Crippen molar-refractivity contribution < 1.29 is 13.6 Å². The minimum atomic E-state index is -0.335. The van der Waals surface area contributed by atoms with Gasteiger partial charge < -0.3 is 20.0 Å². The monoisotopic (exact) mass is 564 g/mol. The molecular formula is C27H22BrFN4O2S. The second kappa shape index (κ2) is 10.6. The number of thiocarbonyl (C=S) groups is 1. The summed E-state index contributed by atoms with van der Waals surface area (Å²) in [6.07, 6.45) is 1.97. The molecule has 0 radical (unpaired) electrons. The Morgan fingerprint density at radius 1 is 1.11 bits per heavy atom. The molecule has 1 fully saturated rings. The van der Waals surface area contributed by atoms with Crippen molar-refractivity contribution in [3.63, 3.8) is 0 Å². The molecule has 9 heteroatoms. The minimum Gasteiger partial charge on any atom is -0.459 e. The normalized spacial score (nSPS) is 17.2. The van der Waals surface area contributed by atoms with Crippen molar-refractivity contribution in [1.82, 2.24) is 15.2 Å². The number of rotatable bonds is 7. The fourth-order valence-electron chi connectivity index (χ4n) is 4.27. The van der Waals surface area contributed by atoms with E-state index in [1.54, 1.807) is 12.3 Å². The molecule has 182 valence electrons. The number of halogens is 2. The lowest BCUT2D eigenvalue weighted by Gasteiger charge is -2.25. The maximum atomic E-state index is 13.6. The predicted octanol–water partition coefficient (Wildman–Crippen LogP) is 6.24. The first-order valence-electron chi connectivity index (χ1n) is 11.4. The van der Waals surface area contributed by atoms with Crippen LogP contribution < -0.4 is 10.6 Å². The van der Waals surface area contributed by atoms with Crippen molar-refractivity contribution in [2.24, 2.45) is 0 Å². The van der Waals surface area contributed by atoms with Crippen LogP contribution in [0.4, 0.5) is 10.1 Å². The Balaban J connectivity index is 1.42. The van der Waals surface area contributed by atoms with Crippen LogP contribution in [-0.4, -0.2) is 27.4 Å². The van der Waals surface area contributed by atoms with E-state index in [-0.39, 0.29) is 30.2 Å². The number of hydrogen-bond donors (Lipinski definition) is 2. The molecular weight excluding hydrogens is 543 g/mol. The second-order valence-corrected chi connectivity index (χ2v) is 9.55. The molecule has 1 aliphatic rings. The molecule has 36 heavy (non-hydrogen) atoms. The predicted molar refractivity (Wildman–Crippen MR) is 144 cm³/mol. The molecule has 6 nitrogen and oxygen atoms in total. The number of para-hydroxylation sites is 1. The first-order valence-corrected chi connectivity index (χ1v) is 12.6. The summed E-state index contributed by atoms with van der Waals surface area (Å²) in [6.45, 7) is 0.384. The van der Waals surface area contributed by atoms with Crippen LogP contribution in [0.15, 0.2) is 93.9 Å². The zero-order chi connectivity index (χ0) is 25.1. The number of amides is 1. The number of carbonyl (C=O) groups is 1. The Bertz CT molecular complexity index is 1380.